The van der Waals surface area contributed by atoms with E-state index in [0.717, 1.165) is 10.9 Å². The second-order valence-electron chi connectivity index (χ2n) is 4.86. The first kappa shape index (κ1) is 16.0. The van der Waals surface area contributed by atoms with Gasteiger partial charge in [-0.1, -0.05) is 19.1 Å². The molecule has 1 heterocycles. The lowest BCUT2D eigenvalue weighted by Crippen LogP contribution is -2.56. The van der Waals surface area contributed by atoms with Crippen LogP contribution in [0.25, 0.3) is 0 Å². The molecule has 0 aliphatic carbocycles. The fraction of sp³-hybridized carbons (Fsp3) is 0.467. The van der Waals surface area contributed by atoms with Crippen molar-refractivity contribution < 1.29 is 14.3 Å². The first-order chi connectivity index (χ1) is 10.1. The number of hydrogen-bond donors (Lipinski definition) is 1. The Morgan fingerprint density at radius 2 is 2.19 bits per heavy atom. The summed E-state index contributed by atoms with van der Waals surface area (Å²) in [4.78, 5) is 26.5. The molecular formula is C15H19BrN2O3. The molecule has 1 aromatic carbocycles. The average molecular weight is 355 g/mol. The highest BCUT2D eigenvalue weighted by atomic mass is 79.9. The number of rotatable bonds is 4. The minimum Gasteiger partial charge on any atom is -0.377 e. The molecule has 1 saturated heterocycles. The minimum absolute atomic E-state index is 0.151. The Bertz CT molecular complexity index is 521. The lowest BCUT2D eigenvalue weighted by atomic mass is 10.1. The molecule has 21 heavy (non-hydrogen) atoms. The van der Waals surface area contributed by atoms with Crippen LogP contribution in [0.2, 0.25) is 0 Å². The third kappa shape index (κ3) is 3.83. The standard InChI is InChI=1S/C15H19BrN2O3/c1-2-7-17-14(19)13-10-21-9-8-18(13)15(20)11-5-3-4-6-12(11)16/h3-6,13H,2,7-10H2,1H3,(H,17,19). The van der Waals surface area contributed by atoms with Gasteiger partial charge in [0.15, 0.2) is 0 Å². The van der Waals surface area contributed by atoms with Crippen molar-refractivity contribution in [3.8, 4) is 0 Å². The van der Waals surface area contributed by atoms with E-state index >= 15 is 0 Å². The van der Waals surface area contributed by atoms with Crippen LogP contribution in [0.4, 0.5) is 0 Å². The smallest absolute Gasteiger partial charge is 0.255 e. The third-order valence-corrected chi connectivity index (χ3v) is 4.04. The van der Waals surface area contributed by atoms with E-state index in [4.69, 9.17) is 4.74 Å². The van der Waals surface area contributed by atoms with Crippen molar-refractivity contribution in [3.63, 3.8) is 0 Å². The van der Waals surface area contributed by atoms with Crippen molar-refractivity contribution in [2.75, 3.05) is 26.3 Å². The summed E-state index contributed by atoms with van der Waals surface area (Å²) in [6.45, 7) is 3.71. The Kier molecular flexibility index (Phi) is 5.76. The number of ether oxygens (including phenoxy) is 1. The van der Waals surface area contributed by atoms with Crippen LogP contribution in [0, 0.1) is 0 Å². The van der Waals surface area contributed by atoms with Crippen LogP contribution >= 0.6 is 15.9 Å². The van der Waals surface area contributed by atoms with Crippen LogP contribution in [0.5, 0.6) is 0 Å². The Balaban J connectivity index is 2.16. The molecule has 2 rings (SSSR count). The number of carbonyl (C=O) groups excluding carboxylic acids is 2. The Morgan fingerprint density at radius 3 is 2.90 bits per heavy atom. The van der Waals surface area contributed by atoms with Crippen LogP contribution < -0.4 is 5.32 Å². The largest absolute Gasteiger partial charge is 0.377 e. The van der Waals surface area contributed by atoms with Gasteiger partial charge in [0.05, 0.1) is 18.8 Å². The van der Waals surface area contributed by atoms with Gasteiger partial charge in [-0.05, 0) is 34.5 Å². The van der Waals surface area contributed by atoms with Crippen LogP contribution in [0.15, 0.2) is 28.7 Å². The van der Waals surface area contributed by atoms with Crippen LogP contribution in [0.3, 0.4) is 0 Å². The van der Waals surface area contributed by atoms with Crippen LogP contribution in [0.1, 0.15) is 23.7 Å². The summed E-state index contributed by atoms with van der Waals surface area (Å²) in [5.74, 6) is -0.306. The van der Waals surface area contributed by atoms with Gasteiger partial charge in [0.25, 0.3) is 5.91 Å². The van der Waals surface area contributed by atoms with Gasteiger partial charge in [-0.2, -0.15) is 0 Å². The number of halogens is 1. The zero-order valence-corrected chi connectivity index (χ0v) is 13.6. The highest BCUT2D eigenvalue weighted by Gasteiger charge is 2.33. The van der Waals surface area contributed by atoms with Gasteiger partial charge < -0.3 is 15.0 Å². The van der Waals surface area contributed by atoms with Crippen LogP contribution in [-0.4, -0.2) is 49.1 Å². The van der Waals surface area contributed by atoms with Crippen molar-refractivity contribution in [2.24, 2.45) is 0 Å². The summed E-state index contributed by atoms with van der Waals surface area (Å²) in [5.41, 5.74) is 0.563. The molecule has 1 aliphatic rings. The fourth-order valence-electron chi connectivity index (χ4n) is 2.22. The topological polar surface area (TPSA) is 58.6 Å². The van der Waals surface area contributed by atoms with Gasteiger partial charge in [0.2, 0.25) is 5.91 Å². The SMILES string of the molecule is CCCNC(=O)C1COCCN1C(=O)c1ccccc1Br. The molecule has 6 heteroatoms. The number of benzene rings is 1. The molecule has 1 aliphatic heterocycles. The number of nitrogens with one attached hydrogen (secondary N) is 1. The maximum Gasteiger partial charge on any atom is 0.255 e. The molecule has 0 radical (unpaired) electrons. The summed E-state index contributed by atoms with van der Waals surface area (Å²) in [6, 6.07) is 6.67. The van der Waals surface area contributed by atoms with Crippen molar-refractivity contribution >= 4 is 27.7 Å². The van der Waals surface area contributed by atoms with Crippen molar-refractivity contribution in [1.82, 2.24) is 10.2 Å². The van der Waals surface area contributed by atoms with Gasteiger partial charge in [-0.15, -0.1) is 0 Å². The summed E-state index contributed by atoms with van der Waals surface area (Å²) in [6.07, 6.45) is 0.859. The average Bonchev–Trinajstić information content (AvgIpc) is 2.52. The molecule has 0 spiro atoms. The maximum absolute atomic E-state index is 12.7. The fourth-order valence-corrected chi connectivity index (χ4v) is 2.67. The highest BCUT2D eigenvalue weighted by molar-refractivity contribution is 9.10. The quantitative estimate of drug-likeness (QED) is 0.896. The van der Waals surface area contributed by atoms with E-state index in [2.05, 4.69) is 21.2 Å². The van der Waals surface area contributed by atoms with Crippen molar-refractivity contribution in [3.05, 3.63) is 34.3 Å². The monoisotopic (exact) mass is 354 g/mol. The molecule has 2 amide bonds. The number of nitrogens with zero attached hydrogens (tertiary/aromatic N) is 1. The number of hydrogen-bond acceptors (Lipinski definition) is 3. The molecule has 0 bridgehead atoms. The summed E-state index contributed by atoms with van der Waals surface area (Å²) < 4.78 is 6.09. The molecule has 1 fully saturated rings. The molecule has 0 saturated carbocycles. The van der Waals surface area contributed by atoms with E-state index in [1.165, 1.54) is 0 Å². The van der Waals surface area contributed by atoms with Crippen LogP contribution in [-0.2, 0) is 9.53 Å². The number of amides is 2. The van der Waals surface area contributed by atoms with Gasteiger partial charge in [-0.3, -0.25) is 9.59 Å². The minimum atomic E-state index is -0.565. The van der Waals surface area contributed by atoms with E-state index in [-0.39, 0.29) is 18.4 Å². The van der Waals surface area contributed by atoms with E-state index in [0.29, 0.717) is 25.3 Å². The number of carbonyl (C=O) groups is 2. The van der Waals surface area contributed by atoms with E-state index in [9.17, 15) is 9.59 Å². The predicted octanol–water partition coefficient (Wildman–Crippen LogP) is 1.82. The molecule has 1 aromatic rings. The zero-order chi connectivity index (χ0) is 15.2. The van der Waals surface area contributed by atoms with E-state index in [1.54, 1.807) is 11.0 Å². The van der Waals surface area contributed by atoms with Gasteiger partial charge in [-0.25, -0.2) is 0 Å². The second kappa shape index (κ2) is 7.56. The second-order valence-corrected chi connectivity index (χ2v) is 5.71. The third-order valence-electron chi connectivity index (χ3n) is 3.35. The summed E-state index contributed by atoms with van der Waals surface area (Å²) in [7, 11) is 0. The molecule has 1 atom stereocenters. The first-order valence-electron chi connectivity index (χ1n) is 7.06. The normalized spacial score (nSPS) is 18.4. The highest BCUT2D eigenvalue weighted by Crippen LogP contribution is 2.20. The summed E-state index contributed by atoms with van der Waals surface area (Å²) >= 11 is 3.38. The molecule has 114 valence electrons. The van der Waals surface area contributed by atoms with Gasteiger partial charge >= 0.3 is 0 Å². The molecule has 1 unspecified atom stereocenters. The maximum atomic E-state index is 12.7. The summed E-state index contributed by atoms with van der Waals surface area (Å²) in [5, 5.41) is 2.83. The Morgan fingerprint density at radius 1 is 1.43 bits per heavy atom. The van der Waals surface area contributed by atoms with Crippen molar-refractivity contribution in [1.29, 1.82) is 0 Å². The Labute approximate surface area is 132 Å². The number of morpholine rings is 1. The van der Waals surface area contributed by atoms with E-state index < -0.39 is 6.04 Å². The molecule has 1 N–H and O–H groups in total. The predicted molar refractivity (Wildman–Crippen MR) is 83.1 cm³/mol. The van der Waals surface area contributed by atoms with E-state index in [1.807, 2.05) is 25.1 Å². The lowest BCUT2D eigenvalue weighted by molar-refractivity contribution is -0.130. The van der Waals surface area contributed by atoms with Gasteiger partial charge in [0, 0.05) is 17.6 Å². The molecule has 5 nitrogen and oxygen atoms in total. The Hall–Kier alpha value is -1.40. The van der Waals surface area contributed by atoms with Gasteiger partial charge in [0.1, 0.15) is 6.04 Å². The first-order valence-corrected chi connectivity index (χ1v) is 7.85. The zero-order valence-electron chi connectivity index (χ0n) is 12.0. The van der Waals surface area contributed by atoms with Crippen molar-refractivity contribution in [2.45, 2.75) is 19.4 Å². The molecule has 0 aromatic heterocycles. The molecular weight excluding hydrogens is 336 g/mol. The lowest BCUT2D eigenvalue weighted by Gasteiger charge is -2.34.